The quantitative estimate of drug-likeness (QED) is 0.877. The van der Waals surface area contributed by atoms with Crippen molar-refractivity contribution in [3.05, 3.63) is 11.6 Å². The number of aromatic nitrogens is 3. The highest BCUT2D eigenvalue weighted by Crippen LogP contribution is 2.29. The highest BCUT2D eigenvalue weighted by atomic mass is 19.4. The monoisotopic (exact) mass is 305 g/mol. The van der Waals surface area contributed by atoms with Crippen LogP contribution >= 0.6 is 0 Å². The first-order chi connectivity index (χ1) is 9.87. The summed E-state index contributed by atoms with van der Waals surface area (Å²) >= 11 is 0. The lowest BCUT2D eigenvalue weighted by Gasteiger charge is -2.39. The first-order valence-electron chi connectivity index (χ1n) is 6.94. The van der Waals surface area contributed by atoms with E-state index in [1.807, 2.05) is 11.8 Å². The van der Waals surface area contributed by atoms with Gasteiger partial charge >= 0.3 is 6.18 Å². The van der Waals surface area contributed by atoms with Crippen LogP contribution in [0.1, 0.15) is 18.6 Å². The van der Waals surface area contributed by atoms with Crippen molar-refractivity contribution in [1.29, 1.82) is 0 Å². The van der Waals surface area contributed by atoms with Crippen LogP contribution < -0.4 is 5.32 Å². The van der Waals surface area contributed by atoms with Gasteiger partial charge in [0.15, 0.2) is 0 Å². The number of nitrogens with zero attached hydrogens (tertiary/aromatic N) is 4. The smallest absolute Gasteiger partial charge is 0.371 e. The summed E-state index contributed by atoms with van der Waals surface area (Å²) < 4.78 is 45.1. The maximum atomic E-state index is 12.7. The average Bonchev–Trinajstić information content (AvgIpc) is 2.79. The van der Waals surface area contributed by atoms with Crippen LogP contribution in [-0.4, -0.2) is 58.1 Å². The number of alkyl halides is 3. The van der Waals surface area contributed by atoms with E-state index in [1.165, 1.54) is 0 Å². The van der Waals surface area contributed by atoms with Crippen molar-refractivity contribution < 1.29 is 17.9 Å². The molecule has 0 saturated carbocycles. The Bertz CT molecular complexity index is 511. The zero-order valence-electron chi connectivity index (χ0n) is 11.8. The van der Waals surface area contributed by atoms with Crippen LogP contribution in [0.5, 0.6) is 0 Å². The van der Waals surface area contributed by atoms with Crippen molar-refractivity contribution >= 4 is 0 Å². The number of rotatable bonds is 4. The van der Waals surface area contributed by atoms with Crippen LogP contribution in [0.4, 0.5) is 13.2 Å². The summed E-state index contributed by atoms with van der Waals surface area (Å²) in [7, 11) is 0. The molecule has 3 rings (SSSR count). The molecule has 3 heterocycles. The third kappa shape index (κ3) is 3.04. The number of nitrogens with one attached hydrogen (secondary N) is 1. The lowest BCUT2D eigenvalue weighted by Crippen LogP contribution is -2.59. The summed E-state index contributed by atoms with van der Waals surface area (Å²) in [6.07, 6.45) is -4.44. The van der Waals surface area contributed by atoms with Crippen molar-refractivity contribution in [2.24, 2.45) is 0 Å². The molecule has 0 aliphatic carbocycles. The number of hydrogen-bond acceptors (Lipinski definition) is 5. The molecule has 1 aromatic heterocycles. The van der Waals surface area contributed by atoms with E-state index in [-0.39, 0.29) is 12.1 Å². The minimum absolute atomic E-state index is 0.0980. The van der Waals surface area contributed by atoms with E-state index in [9.17, 15) is 13.2 Å². The summed E-state index contributed by atoms with van der Waals surface area (Å²) in [4.78, 5) is 2.04. The van der Waals surface area contributed by atoms with Crippen molar-refractivity contribution in [3.63, 3.8) is 0 Å². The molecule has 9 heteroatoms. The van der Waals surface area contributed by atoms with Gasteiger partial charge in [0, 0.05) is 32.7 Å². The molecule has 1 saturated heterocycles. The molecule has 1 fully saturated rings. The van der Waals surface area contributed by atoms with Gasteiger partial charge < -0.3 is 14.6 Å². The second kappa shape index (κ2) is 5.22. The van der Waals surface area contributed by atoms with Crippen molar-refractivity contribution in [2.75, 3.05) is 32.8 Å². The molecule has 118 valence electrons. The molecule has 1 aromatic rings. The normalized spacial score (nSPS) is 21.9. The molecule has 0 bridgehead atoms. The predicted molar refractivity (Wildman–Crippen MR) is 67.5 cm³/mol. The van der Waals surface area contributed by atoms with E-state index in [1.54, 1.807) is 0 Å². The topological polar surface area (TPSA) is 55.2 Å². The highest BCUT2D eigenvalue weighted by molar-refractivity contribution is 5.02. The van der Waals surface area contributed by atoms with Gasteiger partial charge in [-0.2, -0.15) is 13.2 Å². The van der Waals surface area contributed by atoms with E-state index < -0.39 is 12.0 Å². The van der Waals surface area contributed by atoms with Crippen LogP contribution in [0.2, 0.25) is 0 Å². The minimum Gasteiger partial charge on any atom is -0.371 e. The second-order valence-electron chi connectivity index (χ2n) is 5.77. The molecule has 21 heavy (non-hydrogen) atoms. The molecular weight excluding hydrogens is 287 g/mol. The maximum Gasteiger partial charge on any atom is 0.451 e. The first kappa shape index (κ1) is 14.7. The molecule has 0 atom stereocenters. The Kier molecular flexibility index (Phi) is 3.66. The minimum atomic E-state index is -4.44. The average molecular weight is 305 g/mol. The van der Waals surface area contributed by atoms with Crippen LogP contribution in [0, 0.1) is 0 Å². The van der Waals surface area contributed by atoms with Gasteiger partial charge in [0.05, 0.1) is 18.8 Å². The summed E-state index contributed by atoms with van der Waals surface area (Å²) in [5, 5.41) is 10.1. The van der Waals surface area contributed by atoms with Crippen molar-refractivity contribution in [1.82, 2.24) is 25.0 Å². The van der Waals surface area contributed by atoms with Gasteiger partial charge in [0.1, 0.15) is 5.82 Å². The number of halogens is 3. The largest absolute Gasteiger partial charge is 0.451 e. The highest BCUT2D eigenvalue weighted by Gasteiger charge is 2.39. The fourth-order valence-corrected chi connectivity index (χ4v) is 2.61. The molecule has 6 nitrogen and oxygen atoms in total. The Labute approximate surface area is 120 Å². The Morgan fingerprint density at radius 2 is 2.05 bits per heavy atom. The number of ether oxygens (including phenoxy) is 1. The molecule has 2 aliphatic rings. The molecule has 0 radical (unpaired) electrons. The fourth-order valence-electron chi connectivity index (χ4n) is 2.61. The van der Waals surface area contributed by atoms with Crippen molar-refractivity contribution in [2.45, 2.75) is 31.8 Å². The SMILES string of the molecule is CC1(OCCN2CCn3c(nnc3C(F)(F)F)C2)CNC1. The van der Waals surface area contributed by atoms with Gasteiger partial charge in [0.25, 0.3) is 0 Å². The van der Waals surface area contributed by atoms with Gasteiger partial charge in [-0.15, -0.1) is 10.2 Å². The molecular formula is C12H18F3N5O. The third-order valence-electron chi connectivity index (χ3n) is 3.94. The summed E-state index contributed by atoms with van der Waals surface area (Å²) in [6.45, 7) is 6.17. The molecule has 1 N–H and O–H groups in total. The first-order valence-corrected chi connectivity index (χ1v) is 6.94. The molecule has 2 aliphatic heterocycles. The second-order valence-corrected chi connectivity index (χ2v) is 5.77. The van der Waals surface area contributed by atoms with E-state index in [4.69, 9.17) is 4.74 Å². The molecule has 0 amide bonds. The zero-order valence-corrected chi connectivity index (χ0v) is 11.8. The van der Waals surface area contributed by atoms with Crippen LogP contribution in [0.25, 0.3) is 0 Å². The van der Waals surface area contributed by atoms with Crippen LogP contribution in [0.3, 0.4) is 0 Å². The standard InChI is InChI=1S/C12H18F3N5O/c1-11(7-16-8-11)21-5-4-19-2-3-20-9(6-19)17-18-10(20)12(13,14)15/h16H,2-8H2,1H3. The Balaban J connectivity index is 1.54. The lowest BCUT2D eigenvalue weighted by atomic mass is 10.0. The number of fused-ring (bicyclic) bond motifs is 1. The van der Waals surface area contributed by atoms with Gasteiger partial charge in [-0.05, 0) is 6.92 Å². The van der Waals surface area contributed by atoms with Gasteiger partial charge in [-0.1, -0.05) is 0 Å². The van der Waals surface area contributed by atoms with Crippen LogP contribution in [-0.2, 0) is 24.0 Å². The summed E-state index contributed by atoms with van der Waals surface area (Å²) in [5.74, 6) is -0.536. The van der Waals surface area contributed by atoms with E-state index in [2.05, 4.69) is 15.5 Å². The molecule has 0 spiro atoms. The van der Waals surface area contributed by atoms with Crippen molar-refractivity contribution in [3.8, 4) is 0 Å². The maximum absolute atomic E-state index is 12.7. The van der Waals surface area contributed by atoms with Gasteiger partial charge in [-0.25, -0.2) is 0 Å². The fraction of sp³-hybridized carbons (Fsp3) is 0.833. The predicted octanol–water partition coefficient (Wildman–Crippen LogP) is 0.491. The Morgan fingerprint density at radius 3 is 2.67 bits per heavy atom. The Morgan fingerprint density at radius 1 is 1.29 bits per heavy atom. The lowest BCUT2D eigenvalue weighted by molar-refractivity contribution is -0.148. The van der Waals surface area contributed by atoms with E-state index >= 15 is 0 Å². The Hall–Kier alpha value is -1.19. The zero-order chi connectivity index (χ0) is 15.1. The summed E-state index contributed by atoms with van der Waals surface area (Å²) in [6, 6.07) is 0. The third-order valence-corrected chi connectivity index (χ3v) is 3.94. The summed E-state index contributed by atoms with van der Waals surface area (Å²) in [5.41, 5.74) is -0.0980. The van der Waals surface area contributed by atoms with E-state index in [0.29, 0.717) is 32.1 Å². The van der Waals surface area contributed by atoms with Gasteiger partial charge in [0.2, 0.25) is 5.82 Å². The molecule has 0 unspecified atom stereocenters. The molecule has 0 aromatic carbocycles. The van der Waals surface area contributed by atoms with Gasteiger partial charge in [-0.3, -0.25) is 4.90 Å². The van der Waals surface area contributed by atoms with E-state index in [0.717, 1.165) is 17.7 Å². The van der Waals surface area contributed by atoms with Crippen LogP contribution in [0.15, 0.2) is 0 Å². The number of hydrogen-bond donors (Lipinski definition) is 1.